The highest BCUT2D eigenvalue weighted by Crippen LogP contribution is 2.33. The summed E-state index contributed by atoms with van der Waals surface area (Å²) in [5.74, 6) is -0.536. The van der Waals surface area contributed by atoms with Crippen molar-refractivity contribution in [1.82, 2.24) is 9.80 Å². The second-order valence-corrected chi connectivity index (χ2v) is 7.57. The van der Waals surface area contributed by atoms with Crippen molar-refractivity contribution >= 4 is 30.7 Å². The molecule has 2 aliphatic rings. The molecular weight excluding hydrogens is 370 g/mol. The zero-order valence-corrected chi connectivity index (χ0v) is 16.2. The third-order valence-electron chi connectivity index (χ3n) is 4.83. The van der Waals surface area contributed by atoms with Crippen LogP contribution in [0.1, 0.15) is 19.3 Å². The van der Waals surface area contributed by atoms with E-state index in [1.807, 2.05) is 0 Å². The van der Waals surface area contributed by atoms with Gasteiger partial charge in [0.05, 0.1) is 0 Å². The Morgan fingerprint density at radius 2 is 1.63 bits per heavy atom. The average molecular weight is 397 g/mol. The lowest BCUT2D eigenvalue weighted by Gasteiger charge is -2.26. The molecule has 3 amide bonds. The molecule has 0 aromatic carbocycles. The van der Waals surface area contributed by atoms with Crippen LogP contribution in [0.2, 0.25) is 0 Å². The van der Waals surface area contributed by atoms with Gasteiger partial charge in [-0.25, -0.2) is 9.59 Å². The number of hydrogen-bond donors (Lipinski definition) is 2. The summed E-state index contributed by atoms with van der Waals surface area (Å²) in [6.07, 6.45) is 3.80. The highest BCUT2D eigenvalue weighted by Gasteiger charge is 2.43. The second kappa shape index (κ2) is 9.68. The van der Waals surface area contributed by atoms with E-state index in [-0.39, 0.29) is 30.4 Å². The van der Waals surface area contributed by atoms with E-state index in [0.29, 0.717) is 25.9 Å². The van der Waals surface area contributed by atoms with E-state index in [1.54, 1.807) is 4.90 Å². The van der Waals surface area contributed by atoms with Gasteiger partial charge in [-0.1, -0.05) is 25.3 Å². The van der Waals surface area contributed by atoms with Crippen LogP contribution in [0.25, 0.3) is 0 Å². The van der Waals surface area contributed by atoms with Gasteiger partial charge in [0.2, 0.25) is 5.91 Å². The van der Waals surface area contributed by atoms with Crippen molar-refractivity contribution in [2.45, 2.75) is 36.6 Å². The summed E-state index contributed by atoms with van der Waals surface area (Å²) < 4.78 is 10.2. The highest BCUT2D eigenvalue weighted by atomic mass is 32.1. The van der Waals surface area contributed by atoms with Gasteiger partial charge in [-0.3, -0.25) is 9.69 Å². The molecule has 2 fully saturated rings. The monoisotopic (exact) mass is 397 g/mol. The van der Waals surface area contributed by atoms with Crippen molar-refractivity contribution < 1.29 is 23.9 Å². The maximum absolute atomic E-state index is 12.3. The van der Waals surface area contributed by atoms with Crippen LogP contribution in [0, 0.1) is 5.92 Å². The van der Waals surface area contributed by atoms with Crippen molar-refractivity contribution in [3.05, 3.63) is 25.3 Å². The van der Waals surface area contributed by atoms with E-state index < -0.39 is 24.1 Å². The Morgan fingerprint density at radius 1 is 1.04 bits per heavy atom. The van der Waals surface area contributed by atoms with Gasteiger partial charge in [0.15, 0.2) is 0 Å². The van der Waals surface area contributed by atoms with E-state index in [4.69, 9.17) is 15.2 Å². The zero-order chi connectivity index (χ0) is 20.0. The Kier molecular flexibility index (Phi) is 7.58. The molecule has 4 atom stereocenters. The van der Waals surface area contributed by atoms with Crippen molar-refractivity contribution in [3.8, 4) is 0 Å². The van der Waals surface area contributed by atoms with Gasteiger partial charge in [0, 0.05) is 24.4 Å². The van der Waals surface area contributed by atoms with Crippen LogP contribution in [-0.2, 0) is 14.3 Å². The van der Waals surface area contributed by atoms with Crippen LogP contribution in [-0.4, -0.2) is 71.5 Å². The van der Waals surface area contributed by atoms with Crippen LogP contribution in [0.15, 0.2) is 25.3 Å². The van der Waals surface area contributed by atoms with Gasteiger partial charge in [-0.15, -0.1) is 0 Å². The third kappa shape index (κ3) is 5.41. The topological polar surface area (TPSA) is 102 Å². The van der Waals surface area contributed by atoms with Crippen LogP contribution in [0.3, 0.4) is 0 Å². The minimum absolute atomic E-state index is 0.0251. The van der Waals surface area contributed by atoms with E-state index >= 15 is 0 Å². The summed E-state index contributed by atoms with van der Waals surface area (Å²) >= 11 is 4.49. The fraction of sp³-hybridized carbons (Fsp3) is 0.611. The van der Waals surface area contributed by atoms with E-state index in [1.165, 1.54) is 17.1 Å². The van der Waals surface area contributed by atoms with Crippen LogP contribution in [0.4, 0.5) is 9.59 Å². The van der Waals surface area contributed by atoms with Crippen LogP contribution < -0.4 is 5.73 Å². The predicted octanol–water partition coefficient (Wildman–Crippen LogP) is 1.57. The Labute approximate surface area is 164 Å². The molecule has 8 nitrogen and oxygen atoms in total. The van der Waals surface area contributed by atoms with E-state index in [9.17, 15) is 14.4 Å². The first-order chi connectivity index (χ1) is 12.9. The van der Waals surface area contributed by atoms with Gasteiger partial charge < -0.3 is 20.1 Å². The average Bonchev–Trinajstić information content (AvgIpc) is 3.21. The molecular formula is C18H27N3O5S. The van der Waals surface area contributed by atoms with Gasteiger partial charge in [-0.2, -0.15) is 12.6 Å². The number of ether oxygens (including phenoxy) is 2. The number of primary amides is 1. The maximum Gasteiger partial charge on any atom is 0.410 e. The first-order valence-corrected chi connectivity index (χ1v) is 9.44. The lowest BCUT2D eigenvalue weighted by atomic mass is 9.95. The SMILES string of the molecule is C=CCOC(=O)N1C[C@@H](S)C[C@H]1CC1C[C@@H](C(N)=O)N(C(=O)OCC=C)C1. The maximum atomic E-state index is 12.3. The van der Waals surface area contributed by atoms with Gasteiger partial charge in [0.1, 0.15) is 19.3 Å². The Hall–Kier alpha value is -2.16. The van der Waals surface area contributed by atoms with Crippen molar-refractivity contribution in [2.24, 2.45) is 11.7 Å². The first kappa shape index (κ1) is 21.1. The molecule has 0 aromatic heterocycles. The standard InChI is InChI=1S/C18H27N3O5S/c1-3-5-25-17(23)20-11-14(27)9-13(20)7-12-8-15(16(19)22)21(10-12)18(24)26-6-4-2/h3-4,12-15,27H,1-2,5-11H2,(H2,19,22)/t12?,13-,14+,15+/m1/s1. The summed E-state index contributed by atoms with van der Waals surface area (Å²) in [5, 5.41) is 0.0632. The van der Waals surface area contributed by atoms with Crippen molar-refractivity contribution in [1.29, 1.82) is 0 Å². The molecule has 2 saturated heterocycles. The van der Waals surface area contributed by atoms with E-state index in [0.717, 1.165) is 6.42 Å². The van der Waals surface area contributed by atoms with Crippen molar-refractivity contribution in [2.75, 3.05) is 26.3 Å². The number of carbonyl (C=O) groups is 3. The molecule has 150 valence electrons. The predicted molar refractivity (Wildman–Crippen MR) is 103 cm³/mol. The molecule has 27 heavy (non-hydrogen) atoms. The van der Waals surface area contributed by atoms with E-state index in [2.05, 4.69) is 25.8 Å². The number of carbonyl (C=O) groups excluding carboxylic acids is 3. The number of rotatable bonds is 7. The fourth-order valence-corrected chi connectivity index (χ4v) is 4.13. The molecule has 2 N–H and O–H groups in total. The summed E-state index contributed by atoms with van der Waals surface area (Å²) in [7, 11) is 0. The lowest BCUT2D eigenvalue weighted by molar-refractivity contribution is -0.121. The smallest absolute Gasteiger partial charge is 0.410 e. The molecule has 0 bridgehead atoms. The first-order valence-electron chi connectivity index (χ1n) is 8.93. The Balaban J connectivity index is 2.01. The minimum Gasteiger partial charge on any atom is -0.445 e. The largest absolute Gasteiger partial charge is 0.445 e. The normalized spacial score (nSPS) is 27.3. The highest BCUT2D eigenvalue weighted by molar-refractivity contribution is 7.81. The number of likely N-dealkylation sites (tertiary alicyclic amines) is 2. The minimum atomic E-state index is -0.707. The molecule has 0 radical (unpaired) electrons. The molecule has 0 aliphatic carbocycles. The van der Waals surface area contributed by atoms with Gasteiger partial charge in [-0.05, 0) is 25.2 Å². The third-order valence-corrected chi connectivity index (χ3v) is 5.21. The molecule has 0 aromatic rings. The van der Waals surface area contributed by atoms with Gasteiger partial charge in [0.25, 0.3) is 0 Å². The Bertz CT molecular complexity index is 600. The molecule has 9 heteroatoms. The fourth-order valence-electron chi connectivity index (χ4n) is 3.72. The lowest BCUT2D eigenvalue weighted by Crippen LogP contribution is -2.44. The summed E-state index contributed by atoms with van der Waals surface area (Å²) in [6, 6.07) is -0.769. The molecule has 2 aliphatic heterocycles. The van der Waals surface area contributed by atoms with Gasteiger partial charge >= 0.3 is 12.2 Å². The molecule has 2 rings (SSSR count). The zero-order valence-electron chi connectivity index (χ0n) is 15.3. The number of nitrogens with two attached hydrogens (primary N) is 1. The summed E-state index contributed by atoms with van der Waals surface area (Å²) in [6.45, 7) is 8.11. The van der Waals surface area contributed by atoms with Crippen molar-refractivity contribution in [3.63, 3.8) is 0 Å². The number of amides is 3. The second-order valence-electron chi connectivity index (χ2n) is 6.83. The van der Waals surface area contributed by atoms with Crippen LogP contribution in [0.5, 0.6) is 0 Å². The molecule has 0 spiro atoms. The summed E-state index contributed by atoms with van der Waals surface area (Å²) in [4.78, 5) is 39.2. The number of thiol groups is 1. The number of hydrogen-bond acceptors (Lipinski definition) is 6. The number of nitrogens with zero attached hydrogens (tertiary/aromatic N) is 2. The van der Waals surface area contributed by atoms with Crippen LogP contribution >= 0.6 is 12.6 Å². The molecule has 1 unspecified atom stereocenters. The molecule has 0 saturated carbocycles. The quantitative estimate of drug-likeness (QED) is 0.501. The molecule has 2 heterocycles. The summed E-state index contributed by atoms with van der Waals surface area (Å²) in [5.41, 5.74) is 5.46. The Morgan fingerprint density at radius 3 is 2.19 bits per heavy atom.